The fourth-order valence-corrected chi connectivity index (χ4v) is 6.67. The molecule has 34 heavy (non-hydrogen) atoms. The van der Waals surface area contributed by atoms with Crippen LogP contribution in [0.2, 0.25) is 0 Å². The Morgan fingerprint density at radius 3 is 1.82 bits per heavy atom. The SMILES string of the molecule is CCCCOc1ccc(S(OC(=O)c2ccccc2O)(c2ccccc2)c2ccccc2)cc1. The number of ether oxygens (including phenoxy) is 1. The van der Waals surface area contributed by atoms with Crippen LogP contribution in [0, 0.1) is 0 Å². The van der Waals surface area contributed by atoms with E-state index in [0.717, 1.165) is 33.3 Å². The van der Waals surface area contributed by atoms with E-state index in [2.05, 4.69) is 6.92 Å². The Morgan fingerprint density at radius 2 is 1.26 bits per heavy atom. The van der Waals surface area contributed by atoms with E-state index in [0.29, 0.717) is 6.61 Å². The van der Waals surface area contributed by atoms with Gasteiger partial charge in [-0.1, -0.05) is 61.9 Å². The molecule has 0 aliphatic carbocycles. The van der Waals surface area contributed by atoms with Crippen molar-refractivity contribution in [3.63, 3.8) is 0 Å². The summed E-state index contributed by atoms with van der Waals surface area (Å²) >= 11 is 0. The lowest BCUT2D eigenvalue weighted by Gasteiger charge is -2.39. The summed E-state index contributed by atoms with van der Waals surface area (Å²) in [5.41, 5.74) is 0.130. The first-order valence-corrected chi connectivity index (χ1v) is 12.9. The molecule has 1 N–H and O–H groups in total. The first-order chi connectivity index (χ1) is 16.6. The van der Waals surface area contributed by atoms with Crippen molar-refractivity contribution in [2.75, 3.05) is 6.61 Å². The summed E-state index contributed by atoms with van der Waals surface area (Å²) in [7, 11) is -2.45. The van der Waals surface area contributed by atoms with Gasteiger partial charge in [-0.05, 0) is 77.4 Å². The van der Waals surface area contributed by atoms with Gasteiger partial charge in [0.25, 0.3) is 0 Å². The molecule has 4 nitrogen and oxygen atoms in total. The Balaban J connectivity index is 1.85. The molecule has 0 aliphatic heterocycles. The minimum atomic E-state index is -2.45. The minimum absolute atomic E-state index is 0.110. The van der Waals surface area contributed by atoms with Crippen LogP contribution in [0.15, 0.2) is 124 Å². The van der Waals surface area contributed by atoms with Gasteiger partial charge >= 0.3 is 5.97 Å². The zero-order valence-electron chi connectivity index (χ0n) is 19.1. The van der Waals surface area contributed by atoms with Gasteiger partial charge in [-0.15, -0.1) is 0 Å². The molecule has 4 aromatic rings. The van der Waals surface area contributed by atoms with Gasteiger partial charge in [-0.25, -0.2) is 4.79 Å². The average molecular weight is 473 g/mol. The molecule has 0 saturated heterocycles. The van der Waals surface area contributed by atoms with Gasteiger partial charge < -0.3 is 14.0 Å². The smallest absolute Gasteiger partial charge is 0.353 e. The second-order valence-corrected chi connectivity index (χ2v) is 10.4. The second-order valence-electron chi connectivity index (χ2n) is 7.74. The lowest BCUT2D eigenvalue weighted by Crippen LogP contribution is -2.14. The van der Waals surface area contributed by atoms with E-state index in [1.807, 2.05) is 84.9 Å². The van der Waals surface area contributed by atoms with Crippen LogP contribution in [-0.4, -0.2) is 17.7 Å². The highest BCUT2D eigenvalue weighted by atomic mass is 32.3. The first kappa shape index (κ1) is 23.5. The second kappa shape index (κ2) is 10.9. The van der Waals surface area contributed by atoms with E-state index in [1.54, 1.807) is 18.2 Å². The molecule has 0 atom stereocenters. The van der Waals surface area contributed by atoms with Crippen LogP contribution in [-0.2, 0) is 4.18 Å². The van der Waals surface area contributed by atoms with Crippen molar-refractivity contribution in [3.05, 3.63) is 115 Å². The number of phenolic OH excluding ortho intramolecular Hbond substituents is 1. The summed E-state index contributed by atoms with van der Waals surface area (Å²) in [6.07, 6.45) is 2.05. The van der Waals surface area contributed by atoms with Gasteiger partial charge in [0.2, 0.25) is 0 Å². The first-order valence-electron chi connectivity index (χ1n) is 11.3. The molecule has 5 heteroatoms. The maximum atomic E-state index is 13.5. The van der Waals surface area contributed by atoms with E-state index >= 15 is 0 Å². The van der Waals surface area contributed by atoms with Crippen molar-refractivity contribution in [1.29, 1.82) is 0 Å². The van der Waals surface area contributed by atoms with Gasteiger partial charge in [0.15, 0.2) is 0 Å². The number of unbranched alkanes of at least 4 members (excludes halogenated alkanes) is 1. The van der Waals surface area contributed by atoms with E-state index in [1.165, 1.54) is 6.07 Å². The van der Waals surface area contributed by atoms with Crippen LogP contribution in [0.5, 0.6) is 11.5 Å². The quantitative estimate of drug-likeness (QED) is 0.255. The van der Waals surface area contributed by atoms with Crippen LogP contribution in [0.25, 0.3) is 0 Å². The third-order valence-corrected chi connectivity index (χ3v) is 8.61. The van der Waals surface area contributed by atoms with Crippen LogP contribution < -0.4 is 4.74 Å². The van der Waals surface area contributed by atoms with Gasteiger partial charge in [0.05, 0.1) is 6.61 Å². The van der Waals surface area contributed by atoms with E-state index in [9.17, 15) is 9.90 Å². The molecule has 0 radical (unpaired) electrons. The Morgan fingerprint density at radius 1 is 0.735 bits per heavy atom. The third kappa shape index (κ3) is 4.95. The number of carbonyl (C=O) groups excluding carboxylic acids is 1. The topological polar surface area (TPSA) is 55.8 Å². The molecule has 0 aliphatic rings. The molecule has 4 aromatic carbocycles. The molecule has 0 amide bonds. The molecule has 0 saturated carbocycles. The summed E-state index contributed by atoms with van der Waals surface area (Å²) in [5, 5.41) is 10.3. The largest absolute Gasteiger partial charge is 0.507 e. The Hall–Kier alpha value is -3.70. The lowest BCUT2D eigenvalue weighted by molar-refractivity contribution is 0.0754. The van der Waals surface area contributed by atoms with Crippen molar-refractivity contribution >= 4 is 16.3 Å². The van der Waals surface area contributed by atoms with Crippen molar-refractivity contribution in [2.24, 2.45) is 0 Å². The number of rotatable bonds is 9. The average Bonchev–Trinajstić information content (AvgIpc) is 2.89. The van der Waals surface area contributed by atoms with Crippen molar-refractivity contribution in [2.45, 2.75) is 34.5 Å². The Kier molecular flexibility index (Phi) is 7.55. The summed E-state index contributed by atoms with van der Waals surface area (Å²) < 4.78 is 12.3. The Labute approximate surface area is 202 Å². The summed E-state index contributed by atoms with van der Waals surface area (Å²) in [4.78, 5) is 16.1. The zero-order valence-corrected chi connectivity index (χ0v) is 19.9. The van der Waals surface area contributed by atoms with Gasteiger partial charge in [-0.2, -0.15) is 0 Å². The summed E-state index contributed by atoms with van der Waals surface area (Å²) in [6.45, 7) is 2.79. The van der Waals surface area contributed by atoms with Crippen molar-refractivity contribution in [1.82, 2.24) is 0 Å². The van der Waals surface area contributed by atoms with Crippen LogP contribution >= 0.6 is 10.3 Å². The predicted molar refractivity (Wildman–Crippen MR) is 136 cm³/mol. The van der Waals surface area contributed by atoms with Gasteiger partial charge in [0.1, 0.15) is 17.1 Å². The maximum Gasteiger partial charge on any atom is 0.353 e. The predicted octanol–water partition coefficient (Wildman–Crippen LogP) is 7.62. The number of hydrogen-bond acceptors (Lipinski definition) is 4. The van der Waals surface area contributed by atoms with Crippen LogP contribution in [0.3, 0.4) is 0 Å². The van der Waals surface area contributed by atoms with E-state index in [4.69, 9.17) is 8.92 Å². The van der Waals surface area contributed by atoms with Crippen LogP contribution in [0.4, 0.5) is 0 Å². The molecule has 0 fully saturated rings. The normalized spacial score (nSPS) is 11.6. The number of benzene rings is 4. The number of para-hydroxylation sites is 1. The molecule has 0 aromatic heterocycles. The highest BCUT2D eigenvalue weighted by Gasteiger charge is 2.36. The molecule has 0 unspecified atom stereocenters. The van der Waals surface area contributed by atoms with E-state index in [-0.39, 0.29) is 11.3 Å². The minimum Gasteiger partial charge on any atom is -0.507 e. The van der Waals surface area contributed by atoms with Crippen LogP contribution in [0.1, 0.15) is 30.1 Å². The standard InChI is InChI=1S/C29H28O4S/c1-2-3-22-32-23-18-20-26(21-19-23)34(24-12-6-4-7-13-24,25-14-8-5-9-15-25)33-29(31)27-16-10-11-17-28(27)30/h4-21,30H,2-3,22H2,1H3. The van der Waals surface area contributed by atoms with Crippen molar-refractivity contribution in [3.8, 4) is 11.5 Å². The molecule has 0 spiro atoms. The monoisotopic (exact) mass is 472 g/mol. The molecular formula is C29H28O4S. The number of hydrogen-bond donors (Lipinski definition) is 1. The highest BCUT2D eigenvalue weighted by molar-refractivity contribution is 8.30. The molecule has 4 rings (SSSR count). The van der Waals surface area contributed by atoms with Crippen molar-refractivity contribution < 1.29 is 18.8 Å². The fraction of sp³-hybridized carbons (Fsp3) is 0.138. The highest BCUT2D eigenvalue weighted by Crippen LogP contribution is 2.69. The number of carbonyl (C=O) groups is 1. The summed E-state index contributed by atoms with van der Waals surface area (Å²) in [5.74, 6) is 0.0873. The fourth-order valence-electron chi connectivity index (χ4n) is 3.64. The molecular weight excluding hydrogens is 444 g/mol. The number of phenols is 1. The lowest BCUT2D eigenvalue weighted by atomic mass is 10.2. The van der Waals surface area contributed by atoms with Gasteiger partial charge in [0, 0.05) is 14.7 Å². The summed E-state index contributed by atoms with van der Waals surface area (Å²) in [6, 6.07) is 33.8. The van der Waals surface area contributed by atoms with E-state index < -0.39 is 16.3 Å². The zero-order chi connectivity index (χ0) is 23.8. The van der Waals surface area contributed by atoms with Gasteiger partial charge in [-0.3, -0.25) is 0 Å². The Bertz CT molecular complexity index is 1170. The molecule has 174 valence electrons. The molecule has 0 heterocycles. The third-order valence-electron chi connectivity index (χ3n) is 5.40. The maximum absolute atomic E-state index is 13.5. The number of aromatic hydroxyl groups is 1. The molecule has 0 bridgehead atoms.